The number of nitrogens with zero attached hydrogens (tertiary/aromatic N) is 5. The molecular weight excluding hydrogens is 282 g/mol. The van der Waals surface area contributed by atoms with Gasteiger partial charge in [0.05, 0.1) is 4.88 Å². The summed E-state index contributed by atoms with van der Waals surface area (Å²) in [6.07, 6.45) is 0.492. The highest BCUT2D eigenvalue weighted by atomic mass is 32.1. The Morgan fingerprint density at radius 1 is 1.55 bits per heavy atom. The largest absolute Gasteiger partial charge is 0.480 e. The maximum absolute atomic E-state index is 12.1. The fourth-order valence-electron chi connectivity index (χ4n) is 2.12. The van der Waals surface area contributed by atoms with Crippen LogP contribution in [-0.2, 0) is 9.59 Å². The number of carboxylic acid groups (broad SMARTS) is 1. The Labute approximate surface area is 117 Å². The van der Waals surface area contributed by atoms with E-state index in [0.717, 1.165) is 4.88 Å². The number of amides is 1. The van der Waals surface area contributed by atoms with Gasteiger partial charge in [-0.1, -0.05) is 6.07 Å². The number of thiophene rings is 1. The van der Waals surface area contributed by atoms with Gasteiger partial charge >= 0.3 is 5.97 Å². The first-order chi connectivity index (χ1) is 9.65. The molecule has 3 heterocycles. The number of aromatic nitrogens is 4. The highest BCUT2D eigenvalue weighted by Crippen LogP contribution is 2.24. The third-order valence-electron chi connectivity index (χ3n) is 3.04. The molecule has 1 fully saturated rings. The maximum atomic E-state index is 12.1. The number of likely N-dealkylation sites (tertiary alicyclic amines) is 1. The van der Waals surface area contributed by atoms with Gasteiger partial charge in [-0.15, -0.1) is 21.5 Å². The van der Waals surface area contributed by atoms with E-state index in [2.05, 4.69) is 15.4 Å². The van der Waals surface area contributed by atoms with Crippen molar-refractivity contribution < 1.29 is 14.7 Å². The van der Waals surface area contributed by atoms with Crippen LogP contribution in [0.1, 0.15) is 12.5 Å². The van der Waals surface area contributed by atoms with Crippen LogP contribution in [0.15, 0.2) is 17.5 Å². The first-order valence-electron chi connectivity index (χ1n) is 5.99. The second-order valence-electron chi connectivity index (χ2n) is 4.37. The van der Waals surface area contributed by atoms with Crippen LogP contribution in [0.25, 0.3) is 10.7 Å². The average Bonchev–Trinajstić information content (AvgIpc) is 3.10. The van der Waals surface area contributed by atoms with E-state index in [0.29, 0.717) is 18.8 Å². The lowest BCUT2D eigenvalue weighted by molar-refractivity contribution is -0.143. The summed E-state index contributed by atoms with van der Waals surface area (Å²) < 4.78 is 0. The standard InChI is InChI=1S/C11H11N5O3S/c17-9(18)6-15-4-3-7(11(15)19)16-13-10(12-14-16)8-2-1-5-20-8/h1-2,5,7H,3-4,6H2,(H,17,18). The van der Waals surface area contributed by atoms with E-state index < -0.39 is 12.0 Å². The van der Waals surface area contributed by atoms with Gasteiger partial charge < -0.3 is 10.0 Å². The normalized spacial score (nSPS) is 18.7. The van der Waals surface area contributed by atoms with Crippen LogP contribution in [0.4, 0.5) is 0 Å². The van der Waals surface area contributed by atoms with Crippen LogP contribution >= 0.6 is 11.3 Å². The zero-order valence-electron chi connectivity index (χ0n) is 10.3. The minimum atomic E-state index is -1.02. The molecule has 2 aromatic heterocycles. The molecule has 1 amide bonds. The van der Waals surface area contributed by atoms with Crippen molar-refractivity contribution in [2.75, 3.05) is 13.1 Å². The van der Waals surface area contributed by atoms with E-state index >= 15 is 0 Å². The van der Waals surface area contributed by atoms with E-state index in [1.54, 1.807) is 0 Å². The van der Waals surface area contributed by atoms with Crippen molar-refractivity contribution in [3.63, 3.8) is 0 Å². The van der Waals surface area contributed by atoms with Crippen LogP contribution in [0.2, 0.25) is 0 Å². The van der Waals surface area contributed by atoms with Gasteiger partial charge in [-0.3, -0.25) is 9.59 Å². The number of carbonyl (C=O) groups is 2. The molecule has 1 N–H and O–H groups in total. The van der Waals surface area contributed by atoms with Gasteiger partial charge in [-0.25, -0.2) is 0 Å². The minimum absolute atomic E-state index is 0.275. The zero-order valence-corrected chi connectivity index (χ0v) is 11.2. The van der Waals surface area contributed by atoms with Crippen molar-refractivity contribution in [3.8, 4) is 10.7 Å². The van der Waals surface area contributed by atoms with Crippen LogP contribution in [0.3, 0.4) is 0 Å². The van der Waals surface area contributed by atoms with Crippen molar-refractivity contribution in [2.24, 2.45) is 0 Å². The zero-order chi connectivity index (χ0) is 14.1. The Bertz CT molecular complexity index is 638. The van der Waals surface area contributed by atoms with Gasteiger partial charge in [0, 0.05) is 6.54 Å². The van der Waals surface area contributed by atoms with Crippen molar-refractivity contribution in [2.45, 2.75) is 12.5 Å². The van der Waals surface area contributed by atoms with Crippen molar-refractivity contribution in [1.82, 2.24) is 25.1 Å². The van der Waals surface area contributed by atoms with Crippen LogP contribution < -0.4 is 0 Å². The van der Waals surface area contributed by atoms with E-state index in [9.17, 15) is 9.59 Å². The summed E-state index contributed by atoms with van der Waals surface area (Å²) in [7, 11) is 0. The van der Waals surface area contributed by atoms with Crippen molar-refractivity contribution >= 4 is 23.2 Å². The quantitative estimate of drug-likeness (QED) is 0.867. The summed E-state index contributed by atoms with van der Waals surface area (Å²) >= 11 is 1.49. The molecule has 1 saturated heterocycles. The molecule has 0 aromatic carbocycles. The number of tetrazole rings is 1. The number of carbonyl (C=O) groups excluding carboxylic acids is 1. The van der Waals surface area contributed by atoms with Gasteiger partial charge in [0.1, 0.15) is 6.54 Å². The van der Waals surface area contributed by atoms with Gasteiger partial charge in [-0.2, -0.15) is 4.80 Å². The predicted molar refractivity (Wildman–Crippen MR) is 69.0 cm³/mol. The number of carboxylic acids is 1. The Hall–Kier alpha value is -2.29. The highest BCUT2D eigenvalue weighted by Gasteiger charge is 2.35. The molecule has 8 nitrogen and oxygen atoms in total. The van der Waals surface area contributed by atoms with E-state index in [4.69, 9.17) is 5.11 Å². The molecule has 0 spiro atoms. The molecule has 1 atom stereocenters. The molecule has 3 rings (SSSR count). The topological polar surface area (TPSA) is 101 Å². The predicted octanol–water partition coefficient (Wildman–Crippen LogP) is 0.260. The second kappa shape index (κ2) is 5.00. The molecule has 20 heavy (non-hydrogen) atoms. The molecular formula is C11H11N5O3S. The molecule has 1 unspecified atom stereocenters. The van der Waals surface area contributed by atoms with Gasteiger partial charge in [0.15, 0.2) is 6.04 Å². The second-order valence-corrected chi connectivity index (χ2v) is 5.32. The third kappa shape index (κ3) is 2.27. The van der Waals surface area contributed by atoms with Gasteiger partial charge in [0.2, 0.25) is 11.7 Å². The Balaban J connectivity index is 1.77. The van der Waals surface area contributed by atoms with E-state index in [1.807, 2.05) is 17.5 Å². The number of rotatable bonds is 4. The monoisotopic (exact) mass is 293 g/mol. The summed E-state index contributed by atoms with van der Waals surface area (Å²) in [6.45, 7) is 0.105. The van der Waals surface area contributed by atoms with Crippen LogP contribution in [0.5, 0.6) is 0 Å². The molecule has 1 aliphatic heterocycles. The maximum Gasteiger partial charge on any atom is 0.323 e. The lowest BCUT2D eigenvalue weighted by atomic mass is 10.3. The van der Waals surface area contributed by atoms with E-state index in [-0.39, 0.29) is 12.5 Å². The Morgan fingerprint density at radius 2 is 2.40 bits per heavy atom. The summed E-state index contributed by atoms with van der Waals surface area (Å²) in [5.41, 5.74) is 0. The molecule has 2 aromatic rings. The molecule has 0 bridgehead atoms. The summed E-state index contributed by atoms with van der Waals surface area (Å²) in [6, 6.07) is 3.20. The Kier molecular flexibility index (Phi) is 3.18. The molecule has 1 aliphatic rings. The average molecular weight is 293 g/mol. The van der Waals surface area contributed by atoms with Crippen LogP contribution in [0, 0.1) is 0 Å². The number of aliphatic carboxylic acids is 1. The fraction of sp³-hybridized carbons (Fsp3) is 0.364. The smallest absolute Gasteiger partial charge is 0.323 e. The highest BCUT2D eigenvalue weighted by molar-refractivity contribution is 7.13. The lowest BCUT2D eigenvalue weighted by Gasteiger charge is -2.12. The lowest BCUT2D eigenvalue weighted by Crippen LogP contribution is -2.33. The summed E-state index contributed by atoms with van der Waals surface area (Å²) in [5, 5.41) is 22.7. The molecule has 0 saturated carbocycles. The summed E-state index contributed by atoms with van der Waals surface area (Å²) in [5.74, 6) is -0.822. The van der Waals surface area contributed by atoms with Crippen LogP contribution in [-0.4, -0.2) is 55.2 Å². The third-order valence-corrected chi connectivity index (χ3v) is 3.91. The number of hydrogen-bond acceptors (Lipinski definition) is 6. The molecule has 104 valence electrons. The van der Waals surface area contributed by atoms with Gasteiger partial charge in [-0.05, 0) is 23.1 Å². The Morgan fingerprint density at radius 3 is 3.10 bits per heavy atom. The fourth-order valence-corrected chi connectivity index (χ4v) is 2.77. The first kappa shape index (κ1) is 12.7. The minimum Gasteiger partial charge on any atom is -0.480 e. The SMILES string of the molecule is O=C(O)CN1CCC(n2nnc(-c3cccs3)n2)C1=O. The van der Waals surface area contributed by atoms with E-state index in [1.165, 1.54) is 21.0 Å². The van der Waals surface area contributed by atoms with Gasteiger partial charge in [0.25, 0.3) is 0 Å². The number of hydrogen-bond donors (Lipinski definition) is 1. The summed E-state index contributed by atoms with van der Waals surface area (Å²) in [4.78, 5) is 26.2. The van der Waals surface area contributed by atoms with Crippen molar-refractivity contribution in [3.05, 3.63) is 17.5 Å². The first-order valence-corrected chi connectivity index (χ1v) is 6.87. The molecule has 0 radical (unpaired) electrons. The van der Waals surface area contributed by atoms with Crippen molar-refractivity contribution in [1.29, 1.82) is 0 Å². The molecule has 9 heteroatoms. The molecule has 0 aliphatic carbocycles.